The van der Waals surface area contributed by atoms with Gasteiger partial charge >= 0.3 is 0 Å². The van der Waals surface area contributed by atoms with E-state index < -0.39 is 23.6 Å². The van der Waals surface area contributed by atoms with E-state index in [2.05, 4.69) is 15.5 Å². The summed E-state index contributed by atoms with van der Waals surface area (Å²) in [6.45, 7) is 5.34. The van der Waals surface area contributed by atoms with E-state index in [4.69, 9.17) is 0 Å². The number of anilines is 2. The first-order chi connectivity index (χ1) is 11.4. The molecule has 0 bridgehead atoms. The van der Waals surface area contributed by atoms with E-state index in [1.165, 1.54) is 16.2 Å². The highest BCUT2D eigenvalue weighted by Gasteiger charge is 2.41. The van der Waals surface area contributed by atoms with Gasteiger partial charge in [-0.15, -0.1) is 10.2 Å². The molecule has 1 aliphatic heterocycles. The number of aryl methyl sites for hydroxylation is 2. The predicted octanol–water partition coefficient (Wildman–Crippen LogP) is 1.97. The fraction of sp³-hybridized carbons (Fsp3) is 0.312. The number of hydrogen-bond acceptors (Lipinski definition) is 6. The molecule has 0 radical (unpaired) electrons. The summed E-state index contributed by atoms with van der Waals surface area (Å²) >= 11 is 1.29. The van der Waals surface area contributed by atoms with Gasteiger partial charge in [-0.05, 0) is 31.9 Å². The molecular weight excluding hydrogens is 328 g/mol. The Labute approximate surface area is 142 Å². The second-order valence-electron chi connectivity index (χ2n) is 5.50. The number of ketones is 1. The minimum Gasteiger partial charge on any atom is -0.299 e. The van der Waals surface area contributed by atoms with Crippen molar-refractivity contribution >= 4 is 39.8 Å². The Bertz CT molecular complexity index is 846. The number of para-hydroxylation sites is 1. The standard InChI is InChI=1S/C16H16N4O3S/c1-4-11-18-19-16(24-11)17-14(22)9(3)20-12-8(2)6-5-7-10(12)13(21)15(20)23/h5-7,9H,4H2,1-3H3,(H,17,19,22). The number of nitrogens with one attached hydrogen (secondary N) is 1. The van der Waals surface area contributed by atoms with Crippen molar-refractivity contribution in [3.8, 4) is 0 Å². The van der Waals surface area contributed by atoms with Gasteiger partial charge in [-0.25, -0.2) is 0 Å². The van der Waals surface area contributed by atoms with Gasteiger partial charge in [0.05, 0.1) is 11.3 Å². The van der Waals surface area contributed by atoms with Gasteiger partial charge in [0.25, 0.3) is 11.7 Å². The van der Waals surface area contributed by atoms with Crippen LogP contribution in [0.5, 0.6) is 0 Å². The van der Waals surface area contributed by atoms with Gasteiger partial charge < -0.3 is 0 Å². The average Bonchev–Trinajstić information content (AvgIpc) is 3.12. The van der Waals surface area contributed by atoms with Crippen LogP contribution in [0.4, 0.5) is 10.8 Å². The van der Waals surface area contributed by atoms with E-state index in [9.17, 15) is 14.4 Å². The molecule has 0 aliphatic carbocycles. The average molecular weight is 344 g/mol. The van der Waals surface area contributed by atoms with Crippen molar-refractivity contribution < 1.29 is 14.4 Å². The molecular formula is C16H16N4O3S. The summed E-state index contributed by atoms with van der Waals surface area (Å²) in [6, 6.07) is 4.30. The molecule has 3 rings (SSSR count). The molecule has 0 spiro atoms. The molecule has 0 saturated carbocycles. The van der Waals surface area contributed by atoms with Crippen molar-refractivity contribution in [2.24, 2.45) is 0 Å². The van der Waals surface area contributed by atoms with Crippen LogP contribution in [0.1, 0.15) is 34.8 Å². The third kappa shape index (κ3) is 2.58. The molecule has 0 fully saturated rings. The highest BCUT2D eigenvalue weighted by Crippen LogP contribution is 2.34. The Kier molecular flexibility index (Phi) is 4.15. The van der Waals surface area contributed by atoms with Crippen LogP contribution < -0.4 is 10.2 Å². The molecule has 7 nitrogen and oxygen atoms in total. The minimum atomic E-state index is -0.835. The summed E-state index contributed by atoms with van der Waals surface area (Å²) in [5.41, 5.74) is 1.61. The lowest BCUT2D eigenvalue weighted by atomic mass is 10.1. The number of aromatic nitrogens is 2. The highest BCUT2D eigenvalue weighted by molar-refractivity contribution is 7.15. The summed E-state index contributed by atoms with van der Waals surface area (Å²) in [7, 11) is 0. The van der Waals surface area contributed by atoms with Crippen molar-refractivity contribution in [3.63, 3.8) is 0 Å². The highest BCUT2D eigenvalue weighted by atomic mass is 32.1. The van der Waals surface area contributed by atoms with Gasteiger partial charge in [0.15, 0.2) is 0 Å². The van der Waals surface area contributed by atoms with Gasteiger partial charge in [0, 0.05) is 0 Å². The van der Waals surface area contributed by atoms with Gasteiger partial charge in [0.2, 0.25) is 11.0 Å². The first-order valence-corrected chi connectivity index (χ1v) is 8.36. The van der Waals surface area contributed by atoms with Gasteiger partial charge in [0.1, 0.15) is 11.0 Å². The summed E-state index contributed by atoms with van der Waals surface area (Å²) < 4.78 is 0. The van der Waals surface area contributed by atoms with Gasteiger partial charge in [-0.2, -0.15) is 0 Å². The number of fused-ring (bicyclic) bond motifs is 1. The molecule has 1 atom stereocenters. The summed E-state index contributed by atoms with van der Waals surface area (Å²) in [5.74, 6) is -1.68. The second-order valence-corrected chi connectivity index (χ2v) is 6.56. The van der Waals surface area contributed by atoms with Crippen molar-refractivity contribution in [1.82, 2.24) is 10.2 Å². The first kappa shape index (κ1) is 16.3. The van der Waals surface area contributed by atoms with E-state index in [0.29, 0.717) is 16.4 Å². The number of benzene rings is 1. The molecule has 24 heavy (non-hydrogen) atoms. The normalized spacial score (nSPS) is 14.7. The van der Waals surface area contributed by atoms with Gasteiger partial charge in [-0.1, -0.05) is 30.4 Å². The number of carbonyl (C=O) groups is 3. The third-order valence-corrected chi connectivity index (χ3v) is 4.89. The van der Waals surface area contributed by atoms with Crippen LogP contribution in [0.25, 0.3) is 0 Å². The molecule has 124 valence electrons. The van der Waals surface area contributed by atoms with Crippen LogP contribution >= 0.6 is 11.3 Å². The quantitative estimate of drug-likeness (QED) is 0.856. The van der Waals surface area contributed by atoms with Crippen LogP contribution in [-0.4, -0.2) is 33.8 Å². The largest absolute Gasteiger partial charge is 0.300 e. The maximum atomic E-state index is 12.5. The second kappa shape index (κ2) is 6.12. The molecule has 1 aromatic carbocycles. The lowest BCUT2D eigenvalue weighted by Crippen LogP contribution is -2.45. The fourth-order valence-electron chi connectivity index (χ4n) is 2.63. The van der Waals surface area contributed by atoms with Crippen LogP contribution in [0.2, 0.25) is 0 Å². The molecule has 1 aromatic heterocycles. The van der Waals surface area contributed by atoms with E-state index in [-0.39, 0.29) is 0 Å². The van der Waals surface area contributed by atoms with Crippen LogP contribution in [0, 0.1) is 6.92 Å². The maximum Gasteiger partial charge on any atom is 0.300 e. The number of rotatable bonds is 4. The predicted molar refractivity (Wildman–Crippen MR) is 90.4 cm³/mol. The summed E-state index contributed by atoms with van der Waals surface area (Å²) in [5, 5.41) is 11.7. The Morgan fingerprint density at radius 3 is 2.75 bits per heavy atom. The molecule has 2 amide bonds. The zero-order chi connectivity index (χ0) is 17.4. The zero-order valence-corrected chi connectivity index (χ0v) is 14.3. The van der Waals surface area contributed by atoms with E-state index in [1.807, 2.05) is 6.92 Å². The van der Waals surface area contributed by atoms with Crippen molar-refractivity contribution in [1.29, 1.82) is 0 Å². The third-order valence-electron chi connectivity index (χ3n) is 3.90. The Morgan fingerprint density at radius 1 is 1.33 bits per heavy atom. The maximum absolute atomic E-state index is 12.5. The van der Waals surface area contributed by atoms with Crippen molar-refractivity contribution in [3.05, 3.63) is 34.3 Å². The number of Topliss-reactive ketones (excluding diaryl/α,β-unsaturated/α-hetero) is 1. The fourth-order valence-corrected chi connectivity index (χ4v) is 3.31. The number of hydrogen-bond donors (Lipinski definition) is 1. The summed E-state index contributed by atoms with van der Waals surface area (Å²) in [4.78, 5) is 38.2. The first-order valence-electron chi connectivity index (χ1n) is 7.54. The molecule has 2 heterocycles. The number of carbonyl (C=O) groups excluding carboxylic acids is 3. The van der Waals surface area contributed by atoms with Crippen LogP contribution in [0.3, 0.4) is 0 Å². The van der Waals surface area contributed by atoms with Crippen molar-refractivity contribution in [2.45, 2.75) is 33.2 Å². The van der Waals surface area contributed by atoms with Gasteiger partial charge in [-0.3, -0.25) is 24.6 Å². The number of nitrogens with zero attached hydrogens (tertiary/aromatic N) is 3. The topological polar surface area (TPSA) is 92.3 Å². The Hall–Kier alpha value is -2.61. The molecule has 2 aromatic rings. The van der Waals surface area contributed by atoms with E-state index >= 15 is 0 Å². The van der Waals surface area contributed by atoms with E-state index in [0.717, 1.165) is 17.0 Å². The molecule has 0 saturated heterocycles. The lowest BCUT2D eigenvalue weighted by molar-refractivity contribution is -0.120. The lowest BCUT2D eigenvalue weighted by Gasteiger charge is -2.24. The Morgan fingerprint density at radius 2 is 2.08 bits per heavy atom. The monoisotopic (exact) mass is 344 g/mol. The Balaban J connectivity index is 1.87. The van der Waals surface area contributed by atoms with Crippen molar-refractivity contribution in [2.75, 3.05) is 10.2 Å². The smallest absolute Gasteiger partial charge is 0.299 e. The zero-order valence-electron chi connectivity index (χ0n) is 13.5. The molecule has 1 aliphatic rings. The number of amides is 2. The molecule has 1 unspecified atom stereocenters. The molecule has 8 heteroatoms. The SMILES string of the molecule is CCc1nnc(NC(=O)C(C)N2C(=O)C(=O)c3cccc(C)c32)s1. The molecule has 1 N–H and O–H groups in total. The summed E-state index contributed by atoms with van der Waals surface area (Å²) in [6.07, 6.45) is 0.731. The van der Waals surface area contributed by atoms with Crippen LogP contribution in [-0.2, 0) is 16.0 Å². The van der Waals surface area contributed by atoms with E-state index in [1.54, 1.807) is 32.0 Å². The van der Waals surface area contributed by atoms with Crippen LogP contribution in [0.15, 0.2) is 18.2 Å². The minimum absolute atomic E-state index is 0.337.